The molecule has 1 amide bonds. The van der Waals surface area contributed by atoms with E-state index in [1.54, 1.807) is 24.9 Å². The molecule has 0 bridgehead atoms. The van der Waals surface area contributed by atoms with Gasteiger partial charge in [-0.3, -0.25) is 14.3 Å². The molecule has 3 aromatic heterocycles. The molecule has 5 aromatic rings. The minimum Gasteiger partial charge on any atom is -0.385 e. The summed E-state index contributed by atoms with van der Waals surface area (Å²) in [5.74, 6) is -0.137. The van der Waals surface area contributed by atoms with Crippen LogP contribution in [-0.2, 0) is 13.1 Å². The van der Waals surface area contributed by atoms with Crippen LogP contribution < -0.4 is 10.6 Å². The maximum atomic E-state index is 12.6. The third kappa shape index (κ3) is 4.96. The number of pyridine rings is 1. The van der Waals surface area contributed by atoms with E-state index >= 15 is 0 Å². The number of carbonyl (C=O) groups excluding carboxylic acids is 1. The Kier molecular flexibility index (Phi) is 6.29. The van der Waals surface area contributed by atoms with Gasteiger partial charge in [0.2, 0.25) is 0 Å². The summed E-state index contributed by atoms with van der Waals surface area (Å²) < 4.78 is 4.10. The predicted molar refractivity (Wildman–Crippen MR) is 132 cm³/mol. The number of anilines is 1. The third-order valence-corrected chi connectivity index (χ3v) is 5.59. The Balaban J connectivity index is 1.25. The third-order valence-electron chi connectivity index (χ3n) is 5.59. The molecule has 0 unspecified atom stereocenters. The molecule has 0 fully saturated rings. The molecule has 8 nitrogen and oxygen atoms in total. The molecule has 2 N–H and O–H groups in total. The van der Waals surface area contributed by atoms with Crippen molar-refractivity contribution in [3.05, 3.63) is 103 Å². The van der Waals surface area contributed by atoms with Crippen molar-refractivity contribution in [2.24, 2.45) is 0 Å². The van der Waals surface area contributed by atoms with E-state index < -0.39 is 0 Å². The van der Waals surface area contributed by atoms with E-state index in [0.29, 0.717) is 12.1 Å². The highest BCUT2D eigenvalue weighted by atomic mass is 16.1. The van der Waals surface area contributed by atoms with Gasteiger partial charge >= 0.3 is 0 Å². The second kappa shape index (κ2) is 9.99. The maximum absolute atomic E-state index is 12.6. The number of nitrogens with zero attached hydrogens (tertiary/aromatic N) is 5. The predicted octanol–water partition coefficient (Wildman–Crippen LogP) is 4.05. The lowest BCUT2D eigenvalue weighted by molar-refractivity contribution is 0.0951. The summed E-state index contributed by atoms with van der Waals surface area (Å²) in [7, 11) is 0. The van der Waals surface area contributed by atoms with Crippen LogP contribution in [0.3, 0.4) is 0 Å². The van der Waals surface area contributed by atoms with Gasteiger partial charge in [0.15, 0.2) is 0 Å². The molecule has 0 saturated heterocycles. The van der Waals surface area contributed by atoms with Crippen molar-refractivity contribution in [1.82, 2.24) is 29.4 Å². The largest absolute Gasteiger partial charge is 0.385 e. The lowest BCUT2D eigenvalue weighted by Crippen LogP contribution is -2.22. The van der Waals surface area contributed by atoms with Crippen LogP contribution in [0.4, 0.5) is 5.69 Å². The molecule has 0 atom stereocenters. The van der Waals surface area contributed by atoms with Crippen molar-refractivity contribution in [3.63, 3.8) is 0 Å². The maximum Gasteiger partial charge on any atom is 0.251 e. The van der Waals surface area contributed by atoms with Crippen molar-refractivity contribution in [2.45, 2.75) is 19.5 Å². The number of aryl methyl sites for hydroxylation is 1. The lowest BCUT2D eigenvalue weighted by Gasteiger charge is -2.10. The summed E-state index contributed by atoms with van der Waals surface area (Å²) in [5, 5.41) is 6.42. The highest BCUT2D eigenvalue weighted by molar-refractivity contribution is 5.97. The summed E-state index contributed by atoms with van der Waals surface area (Å²) in [6.45, 7) is 2.22. The fraction of sp³-hybridized carbons (Fsp3) is 0.154. The first-order chi connectivity index (χ1) is 16.8. The molecule has 2 aromatic carbocycles. The highest BCUT2D eigenvalue weighted by Gasteiger charge is 2.10. The average Bonchev–Trinajstić information content (AvgIpc) is 3.56. The first kappa shape index (κ1) is 21.4. The van der Waals surface area contributed by atoms with E-state index in [0.717, 1.165) is 47.5 Å². The number of rotatable bonds is 9. The Hall–Kier alpha value is -4.46. The van der Waals surface area contributed by atoms with Crippen LogP contribution in [0, 0.1) is 0 Å². The Morgan fingerprint density at radius 1 is 0.971 bits per heavy atom. The van der Waals surface area contributed by atoms with E-state index in [-0.39, 0.29) is 5.91 Å². The Morgan fingerprint density at radius 3 is 2.79 bits per heavy atom. The SMILES string of the molecule is O=C(NCc1cccnc1)c1ccc2c(c1)ncn2-c1cccc(NCCCn2ccnc2)c1. The van der Waals surface area contributed by atoms with E-state index in [9.17, 15) is 4.79 Å². The summed E-state index contributed by atoms with van der Waals surface area (Å²) >= 11 is 0. The number of aromatic nitrogens is 5. The number of hydrogen-bond acceptors (Lipinski definition) is 5. The quantitative estimate of drug-likeness (QED) is 0.330. The molecule has 0 aliphatic rings. The molecule has 170 valence electrons. The van der Waals surface area contributed by atoms with Gasteiger partial charge in [0.25, 0.3) is 5.91 Å². The summed E-state index contributed by atoms with van der Waals surface area (Å²) in [6, 6.07) is 17.6. The molecular formula is C26H25N7O. The molecule has 34 heavy (non-hydrogen) atoms. The molecule has 0 aliphatic carbocycles. The molecule has 3 heterocycles. The summed E-state index contributed by atoms with van der Waals surface area (Å²) in [4.78, 5) is 25.3. The molecule has 0 saturated carbocycles. The van der Waals surface area contributed by atoms with Crippen LogP contribution in [0.25, 0.3) is 16.7 Å². The van der Waals surface area contributed by atoms with Crippen molar-refractivity contribution < 1.29 is 4.79 Å². The molecule has 8 heteroatoms. The standard InChI is InChI=1S/C26H25N7O/c34-26(30-17-20-4-2-9-27-16-20)21-7-8-25-24(14-21)31-19-33(25)23-6-1-5-22(15-23)29-10-3-12-32-13-11-28-18-32/h1-2,4-9,11,13-16,18-19,29H,3,10,12,17H2,(H,30,34). The van der Waals surface area contributed by atoms with E-state index in [2.05, 4.69) is 42.3 Å². The Bertz CT molecular complexity index is 1380. The van der Waals surface area contributed by atoms with Crippen LogP contribution in [0.1, 0.15) is 22.3 Å². The number of amides is 1. The molecule has 5 rings (SSSR count). The monoisotopic (exact) mass is 451 g/mol. The first-order valence-corrected chi connectivity index (χ1v) is 11.2. The summed E-state index contributed by atoms with van der Waals surface area (Å²) in [6.07, 6.45) is 11.9. The van der Waals surface area contributed by atoms with E-state index in [4.69, 9.17) is 0 Å². The van der Waals surface area contributed by atoms with E-state index in [1.165, 1.54) is 0 Å². The number of hydrogen-bond donors (Lipinski definition) is 2. The van der Waals surface area contributed by atoms with Crippen LogP contribution in [0.5, 0.6) is 0 Å². The van der Waals surface area contributed by atoms with Crippen LogP contribution in [-0.4, -0.2) is 36.5 Å². The van der Waals surface area contributed by atoms with Gasteiger partial charge in [0.05, 0.1) is 17.4 Å². The van der Waals surface area contributed by atoms with Gasteiger partial charge < -0.3 is 15.2 Å². The Morgan fingerprint density at radius 2 is 1.94 bits per heavy atom. The fourth-order valence-electron chi connectivity index (χ4n) is 3.83. The number of fused-ring (bicyclic) bond motifs is 1. The summed E-state index contributed by atoms with van der Waals surface area (Å²) in [5.41, 5.74) is 5.31. The van der Waals surface area contributed by atoms with Gasteiger partial charge in [-0.05, 0) is 54.4 Å². The highest BCUT2D eigenvalue weighted by Crippen LogP contribution is 2.22. The zero-order valence-electron chi connectivity index (χ0n) is 18.6. The molecule has 0 aliphatic heterocycles. The Labute approximate surface area is 197 Å². The zero-order valence-corrected chi connectivity index (χ0v) is 18.6. The number of nitrogens with one attached hydrogen (secondary N) is 2. The topological polar surface area (TPSA) is 89.7 Å². The first-order valence-electron chi connectivity index (χ1n) is 11.2. The normalized spacial score (nSPS) is 10.9. The fourth-order valence-corrected chi connectivity index (χ4v) is 3.83. The molecule has 0 radical (unpaired) electrons. The smallest absolute Gasteiger partial charge is 0.251 e. The van der Waals surface area contributed by atoms with Gasteiger partial charge in [0, 0.05) is 61.4 Å². The van der Waals surface area contributed by atoms with Crippen LogP contribution in [0.2, 0.25) is 0 Å². The second-order valence-electron chi connectivity index (χ2n) is 7.99. The van der Waals surface area contributed by atoms with Crippen molar-refractivity contribution in [1.29, 1.82) is 0 Å². The van der Waals surface area contributed by atoms with Crippen molar-refractivity contribution in [2.75, 3.05) is 11.9 Å². The van der Waals surface area contributed by atoms with Gasteiger partial charge in [0.1, 0.15) is 6.33 Å². The van der Waals surface area contributed by atoms with Gasteiger partial charge in [-0.25, -0.2) is 9.97 Å². The molecular weight excluding hydrogens is 426 g/mol. The van der Waals surface area contributed by atoms with Crippen LogP contribution >= 0.6 is 0 Å². The minimum atomic E-state index is -0.137. The average molecular weight is 452 g/mol. The van der Waals surface area contributed by atoms with Crippen molar-refractivity contribution in [3.8, 4) is 5.69 Å². The lowest BCUT2D eigenvalue weighted by atomic mass is 10.1. The minimum absolute atomic E-state index is 0.137. The van der Waals surface area contributed by atoms with Gasteiger partial charge in [-0.15, -0.1) is 0 Å². The zero-order chi connectivity index (χ0) is 23.2. The van der Waals surface area contributed by atoms with E-state index in [1.807, 2.05) is 59.6 Å². The van der Waals surface area contributed by atoms with Crippen LogP contribution in [0.15, 0.2) is 92.0 Å². The van der Waals surface area contributed by atoms with Gasteiger partial charge in [-0.1, -0.05) is 12.1 Å². The number of imidazole rings is 2. The second-order valence-corrected chi connectivity index (χ2v) is 7.99. The molecule has 0 spiro atoms. The number of benzene rings is 2. The van der Waals surface area contributed by atoms with Gasteiger partial charge in [-0.2, -0.15) is 0 Å². The van der Waals surface area contributed by atoms with Crippen molar-refractivity contribution >= 4 is 22.6 Å². The number of carbonyl (C=O) groups is 1.